The van der Waals surface area contributed by atoms with Crippen LogP contribution < -0.4 is 9.47 Å². The molecule has 2 rings (SSSR count). The molecular weight excluding hydrogens is 348 g/mol. The molecule has 1 aromatic rings. The summed E-state index contributed by atoms with van der Waals surface area (Å²) in [5, 5.41) is 0. The molecule has 0 spiro atoms. The molecule has 2 amide bonds. The van der Waals surface area contributed by atoms with Gasteiger partial charge in [0, 0.05) is 26.2 Å². The van der Waals surface area contributed by atoms with Crippen LogP contribution in [-0.4, -0.2) is 73.7 Å². The summed E-state index contributed by atoms with van der Waals surface area (Å²) < 4.78 is 16.0. The largest absolute Gasteiger partial charge is 0.490 e. The van der Waals surface area contributed by atoms with Gasteiger partial charge in [-0.25, -0.2) is 4.79 Å². The summed E-state index contributed by atoms with van der Waals surface area (Å²) in [7, 11) is 0. The molecule has 0 aliphatic carbocycles. The predicted molar refractivity (Wildman–Crippen MR) is 93.3 cm³/mol. The van der Waals surface area contributed by atoms with Crippen molar-refractivity contribution in [2.45, 2.75) is 6.92 Å². The third-order valence-corrected chi connectivity index (χ3v) is 3.85. The maximum absolute atomic E-state index is 12.3. The van der Waals surface area contributed by atoms with Crippen LogP contribution in [0.4, 0.5) is 4.79 Å². The Morgan fingerprint density at radius 1 is 1.04 bits per heavy atom. The summed E-state index contributed by atoms with van der Waals surface area (Å²) in [6.07, 6.45) is -0.394. The van der Waals surface area contributed by atoms with Gasteiger partial charge in [-0.05, 0) is 19.1 Å². The molecule has 0 radical (unpaired) electrons. The average molecular weight is 371 g/mol. The highest BCUT2D eigenvalue weighted by atomic mass is 35.5. The summed E-state index contributed by atoms with van der Waals surface area (Å²) in [5.74, 6) is 1.30. The fourth-order valence-corrected chi connectivity index (χ4v) is 2.51. The zero-order valence-corrected chi connectivity index (χ0v) is 15.0. The van der Waals surface area contributed by atoms with E-state index in [1.165, 1.54) is 0 Å². The fraction of sp³-hybridized carbons (Fsp3) is 0.529. The van der Waals surface area contributed by atoms with Gasteiger partial charge in [0.2, 0.25) is 0 Å². The summed E-state index contributed by atoms with van der Waals surface area (Å²) in [4.78, 5) is 27.3. The molecule has 8 heteroatoms. The number of amides is 2. The minimum atomic E-state index is -0.394. The van der Waals surface area contributed by atoms with Gasteiger partial charge >= 0.3 is 6.09 Å². The standard InChI is InChI=1S/C17H23ClN2O5/c1-2-23-14-5-3-4-6-15(14)25-13-16(21)19-8-10-20(11-9-19)17(22)24-12-7-18/h3-6H,2,7-13H2,1H3. The van der Waals surface area contributed by atoms with Crippen molar-refractivity contribution in [3.05, 3.63) is 24.3 Å². The van der Waals surface area contributed by atoms with Crippen molar-refractivity contribution in [2.75, 3.05) is 51.9 Å². The molecule has 1 aromatic carbocycles. The number of ether oxygens (including phenoxy) is 3. The van der Waals surface area contributed by atoms with Crippen LogP contribution in [-0.2, 0) is 9.53 Å². The number of hydrogen-bond acceptors (Lipinski definition) is 5. The summed E-state index contributed by atoms with van der Waals surface area (Å²) in [6, 6.07) is 7.24. The van der Waals surface area contributed by atoms with Crippen molar-refractivity contribution in [2.24, 2.45) is 0 Å². The number of hydrogen-bond donors (Lipinski definition) is 0. The number of nitrogens with zero attached hydrogens (tertiary/aromatic N) is 2. The number of benzene rings is 1. The van der Waals surface area contributed by atoms with Crippen molar-refractivity contribution in [3.63, 3.8) is 0 Å². The van der Waals surface area contributed by atoms with E-state index in [1.54, 1.807) is 21.9 Å². The van der Waals surface area contributed by atoms with Crippen LogP contribution in [0.25, 0.3) is 0 Å². The monoisotopic (exact) mass is 370 g/mol. The van der Waals surface area contributed by atoms with Crippen molar-refractivity contribution in [1.29, 1.82) is 0 Å². The van der Waals surface area contributed by atoms with E-state index in [1.807, 2.05) is 19.1 Å². The third kappa shape index (κ3) is 5.70. The highest BCUT2D eigenvalue weighted by molar-refractivity contribution is 6.18. The van der Waals surface area contributed by atoms with Gasteiger partial charge < -0.3 is 24.0 Å². The smallest absolute Gasteiger partial charge is 0.409 e. The molecular formula is C17H23ClN2O5. The van der Waals surface area contributed by atoms with Crippen LogP contribution >= 0.6 is 11.6 Å². The normalized spacial score (nSPS) is 14.2. The predicted octanol–water partition coefficient (Wildman–Crippen LogP) is 1.98. The van der Waals surface area contributed by atoms with E-state index >= 15 is 0 Å². The lowest BCUT2D eigenvalue weighted by Crippen LogP contribution is -2.51. The fourth-order valence-electron chi connectivity index (χ4n) is 2.43. The minimum Gasteiger partial charge on any atom is -0.490 e. The number of piperazine rings is 1. The molecule has 0 N–H and O–H groups in total. The van der Waals surface area contributed by atoms with E-state index in [-0.39, 0.29) is 25.0 Å². The minimum absolute atomic E-state index is 0.0687. The molecule has 0 bridgehead atoms. The highest BCUT2D eigenvalue weighted by Crippen LogP contribution is 2.26. The van der Waals surface area contributed by atoms with E-state index in [9.17, 15) is 9.59 Å². The summed E-state index contributed by atoms with van der Waals surface area (Å²) in [5.41, 5.74) is 0. The van der Waals surface area contributed by atoms with Crippen molar-refractivity contribution in [3.8, 4) is 11.5 Å². The first-order chi connectivity index (χ1) is 12.2. The molecule has 1 heterocycles. The van der Waals surface area contributed by atoms with Crippen molar-refractivity contribution >= 4 is 23.6 Å². The number of para-hydroxylation sites is 2. The van der Waals surface area contributed by atoms with Gasteiger partial charge in [-0.15, -0.1) is 11.6 Å². The first-order valence-electron chi connectivity index (χ1n) is 8.25. The van der Waals surface area contributed by atoms with Gasteiger partial charge in [-0.2, -0.15) is 0 Å². The van der Waals surface area contributed by atoms with Gasteiger partial charge in [-0.3, -0.25) is 4.79 Å². The summed E-state index contributed by atoms with van der Waals surface area (Å²) >= 11 is 5.49. The topological polar surface area (TPSA) is 68.3 Å². The number of rotatable bonds is 7. The second-order valence-electron chi connectivity index (χ2n) is 5.34. The zero-order chi connectivity index (χ0) is 18.1. The first kappa shape index (κ1) is 19.2. The van der Waals surface area contributed by atoms with Crippen LogP contribution in [0.3, 0.4) is 0 Å². The molecule has 7 nitrogen and oxygen atoms in total. The molecule has 138 valence electrons. The number of alkyl halides is 1. The van der Waals surface area contributed by atoms with Crippen molar-refractivity contribution in [1.82, 2.24) is 9.80 Å². The lowest BCUT2D eigenvalue weighted by Gasteiger charge is -2.34. The van der Waals surface area contributed by atoms with Gasteiger partial charge in [-0.1, -0.05) is 12.1 Å². The molecule has 0 unspecified atom stereocenters. The van der Waals surface area contributed by atoms with Gasteiger partial charge in [0.15, 0.2) is 18.1 Å². The second-order valence-corrected chi connectivity index (χ2v) is 5.72. The van der Waals surface area contributed by atoms with E-state index in [0.29, 0.717) is 44.3 Å². The van der Waals surface area contributed by atoms with Crippen LogP contribution in [0.15, 0.2) is 24.3 Å². The average Bonchev–Trinajstić information content (AvgIpc) is 2.65. The first-order valence-corrected chi connectivity index (χ1v) is 8.79. The Kier molecular flexibility index (Phi) is 7.66. The Morgan fingerprint density at radius 3 is 2.24 bits per heavy atom. The Balaban J connectivity index is 1.78. The highest BCUT2D eigenvalue weighted by Gasteiger charge is 2.25. The van der Waals surface area contributed by atoms with E-state index in [2.05, 4.69) is 0 Å². The van der Waals surface area contributed by atoms with E-state index < -0.39 is 6.09 Å². The molecule has 25 heavy (non-hydrogen) atoms. The molecule has 1 aliphatic rings. The number of carbonyl (C=O) groups excluding carboxylic acids is 2. The Bertz CT molecular complexity index is 576. The maximum Gasteiger partial charge on any atom is 0.409 e. The van der Waals surface area contributed by atoms with E-state index in [4.69, 9.17) is 25.8 Å². The quantitative estimate of drug-likeness (QED) is 0.686. The zero-order valence-electron chi connectivity index (χ0n) is 14.3. The molecule has 0 atom stereocenters. The van der Waals surface area contributed by atoms with Gasteiger partial charge in [0.05, 0.1) is 12.5 Å². The molecule has 0 aromatic heterocycles. The molecule has 0 saturated carbocycles. The Hall–Kier alpha value is -2.15. The van der Waals surface area contributed by atoms with Gasteiger partial charge in [0.25, 0.3) is 5.91 Å². The SMILES string of the molecule is CCOc1ccccc1OCC(=O)N1CCN(C(=O)OCCCl)CC1. The van der Waals surface area contributed by atoms with E-state index in [0.717, 1.165) is 0 Å². The van der Waals surface area contributed by atoms with Gasteiger partial charge in [0.1, 0.15) is 6.61 Å². The lowest BCUT2D eigenvalue weighted by molar-refractivity contribution is -0.135. The number of halogens is 1. The Labute approximate surface area is 152 Å². The number of carbonyl (C=O) groups is 2. The second kappa shape index (κ2) is 9.98. The Morgan fingerprint density at radius 2 is 1.64 bits per heavy atom. The van der Waals surface area contributed by atoms with Crippen molar-refractivity contribution < 1.29 is 23.8 Å². The molecule has 1 fully saturated rings. The maximum atomic E-state index is 12.3. The molecule has 1 saturated heterocycles. The third-order valence-electron chi connectivity index (χ3n) is 3.69. The molecule has 1 aliphatic heterocycles. The van der Waals surface area contributed by atoms with Crippen LogP contribution in [0, 0.1) is 0 Å². The lowest BCUT2D eigenvalue weighted by atomic mass is 10.3. The van der Waals surface area contributed by atoms with Crippen LogP contribution in [0.5, 0.6) is 11.5 Å². The summed E-state index contributed by atoms with van der Waals surface area (Å²) in [6.45, 7) is 4.30. The van der Waals surface area contributed by atoms with Crippen LogP contribution in [0.2, 0.25) is 0 Å². The van der Waals surface area contributed by atoms with Crippen LogP contribution in [0.1, 0.15) is 6.92 Å².